The van der Waals surface area contributed by atoms with Gasteiger partial charge in [0.25, 0.3) is 0 Å². The van der Waals surface area contributed by atoms with E-state index in [4.69, 9.17) is 9.47 Å². The molecule has 7 nitrogen and oxygen atoms in total. The third-order valence-corrected chi connectivity index (χ3v) is 3.29. The van der Waals surface area contributed by atoms with E-state index in [0.29, 0.717) is 23.4 Å². The maximum atomic E-state index is 12.0. The number of allylic oxidation sites excluding steroid dienone is 1. The van der Waals surface area contributed by atoms with Crippen molar-refractivity contribution in [2.24, 2.45) is 0 Å². The predicted octanol–water partition coefficient (Wildman–Crippen LogP) is 1.59. The molecular weight excluding hydrogens is 288 g/mol. The van der Waals surface area contributed by atoms with Crippen LogP contribution in [0.2, 0.25) is 0 Å². The number of phenolic OH excluding ortho intramolecular Hbond substituents is 1. The van der Waals surface area contributed by atoms with Crippen molar-refractivity contribution in [3.05, 3.63) is 35.0 Å². The summed E-state index contributed by atoms with van der Waals surface area (Å²) in [5.74, 6) is -0.262. The number of aromatic hydroxyl groups is 1. The van der Waals surface area contributed by atoms with Gasteiger partial charge in [0, 0.05) is 5.70 Å². The predicted molar refractivity (Wildman–Crippen MR) is 78.4 cm³/mol. The average Bonchev–Trinajstić information content (AvgIpc) is 2.48. The van der Waals surface area contributed by atoms with E-state index < -0.39 is 18.0 Å². The number of ether oxygens (including phenoxy) is 2. The largest absolute Gasteiger partial charge is 0.504 e. The van der Waals surface area contributed by atoms with Gasteiger partial charge in [0.1, 0.15) is 0 Å². The van der Waals surface area contributed by atoms with Crippen molar-refractivity contribution in [2.75, 3.05) is 13.7 Å². The average molecular weight is 306 g/mol. The first-order valence-electron chi connectivity index (χ1n) is 6.80. The third-order valence-electron chi connectivity index (χ3n) is 3.29. The molecule has 1 aromatic rings. The Hall–Kier alpha value is -2.70. The Morgan fingerprint density at radius 3 is 2.77 bits per heavy atom. The Kier molecular flexibility index (Phi) is 4.55. The number of rotatable bonds is 4. The van der Waals surface area contributed by atoms with Gasteiger partial charge in [-0.3, -0.25) is 0 Å². The van der Waals surface area contributed by atoms with Gasteiger partial charge in [0.2, 0.25) is 0 Å². The van der Waals surface area contributed by atoms with E-state index >= 15 is 0 Å². The second-order valence-corrected chi connectivity index (χ2v) is 4.72. The Morgan fingerprint density at radius 2 is 2.14 bits per heavy atom. The molecule has 0 spiro atoms. The highest BCUT2D eigenvalue weighted by Gasteiger charge is 2.32. The molecule has 1 heterocycles. The highest BCUT2D eigenvalue weighted by Crippen LogP contribution is 2.33. The van der Waals surface area contributed by atoms with Crippen molar-refractivity contribution in [2.45, 2.75) is 19.9 Å². The number of carbonyl (C=O) groups is 2. The normalized spacial score (nSPS) is 17.6. The standard InChI is InChI=1S/C15H18N2O5/c1-4-22-11-7-9(5-6-10(11)18)13-12(14(19)21-3)8(2)16-15(20)17-13/h5-7,13,18H,4H2,1-3H3,(H2,16,17,20)/t13-/m0/s1. The van der Waals surface area contributed by atoms with Crippen LogP contribution < -0.4 is 15.4 Å². The second-order valence-electron chi connectivity index (χ2n) is 4.72. The van der Waals surface area contributed by atoms with E-state index in [1.54, 1.807) is 26.0 Å². The lowest BCUT2D eigenvalue weighted by atomic mass is 9.95. The molecule has 1 aliphatic rings. The number of esters is 1. The minimum atomic E-state index is -0.680. The zero-order valence-electron chi connectivity index (χ0n) is 12.6. The van der Waals surface area contributed by atoms with Crippen LogP contribution in [-0.2, 0) is 9.53 Å². The Morgan fingerprint density at radius 1 is 1.41 bits per heavy atom. The van der Waals surface area contributed by atoms with Crippen molar-refractivity contribution in [3.8, 4) is 11.5 Å². The first kappa shape index (κ1) is 15.7. The molecule has 0 saturated carbocycles. The van der Waals surface area contributed by atoms with Gasteiger partial charge >= 0.3 is 12.0 Å². The quantitative estimate of drug-likeness (QED) is 0.734. The van der Waals surface area contributed by atoms with Crippen LogP contribution in [0.4, 0.5) is 4.79 Å². The number of amides is 2. The number of nitrogens with one attached hydrogen (secondary N) is 2. The summed E-state index contributed by atoms with van der Waals surface area (Å²) >= 11 is 0. The topological polar surface area (TPSA) is 96.9 Å². The molecule has 0 aromatic heterocycles. The number of hydrogen-bond acceptors (Lipinski definition) is 5. The highest BCUT2D eigenvalue weighted by atomic mass is 16.5. The summed E-state index contributed by atoms with van der Waals surface area (Å²) in [7, 11) is 1.28. The molecule has 2 amide bonds. The van der Waals surface area contributed by atoms with E-state index in [2.05, 4.69) is 10.6 Å². The summed E-state index contributed by atoms with van der Waals surface area (Å²) in [5.41, 5.74) is 1.33. The van der Waals surface area contributed by atoms with E-state index in [1.165, 1.54) is 13.2 Å². The van der Waals surface area contributed by atoms with Crippen LogP contribution in [0.25, 0.3) is 0 Å². The molecule has 22 heavy (non-hydrogen) atoms. The maximum Gasteiger partial charge on any atom is 0.337 e. The van der Waals surface area contributed by atoms with Crippen LogP contribution >= 0.6 is 0 Å². The van der Waals surface area contributed by atoms with Crippen LogP contribution in [-0.4, -0.2) is 30.8 Å². The van der Waals surface area contributed by atoms with Gasteiger partial charge in [-0.25, -0.2) is 9.59 Å². The maximum absolute atomic E-state index is 12.0. The zero-order chi connectivity index (χ0) is 16.3. The summed E-state index contributed by atoms with van der Waals surface area (Å²) in [6.07, 6.45) is 0. The van der Waals surface area contributed by atoms with E-state index in [-0.39, 0.29) is 11.5 Å². The van der Waals surface area contributed by atoms with Crippen LogP contribution in [0.5, 0.6) is 11.5 Å². The number of carbonyl (C=O) groups excluding carboxylic acids is 2. The number of benzene rings is 1. The molecule has 3 N–H and O–H groups in total. The van der Waals surface area contributed by atoms with Crippen molar-refractivity contribution < 1.29 is 24.2 Å². The highest BCUT2D eigenvalue weighted by molar-refractivity contribution is 5.94. The summed E-state index contributed by atoms with van der Waals surface area (Å²) in [5, 5.41) is 15.0. The lowest BCUT2D eigenvalue weighted by molar-refractivity contribution is -0.136. The van der Waals surface area contributed by atoms with Gasteiger partial charge in [-0.1, -0.05) is 6.07 Å². The lowest BCUT2D eigenvalue weighted by Crippen LogP contribution is -2.45. The fourth-order valence-electron chi connectivity index (χ4n) is 2.31. The summed E-state index contributed by atoms with van der Waals surface area (Å²) in [4.78, 5) is 23.7. The van der Waals surface area contributed by atoms with Gasteiger partial charge in [0.15, 0.2) is 11.5 Å². The van der Waals surface area contributed by atoms with Crippen LogP contribution in [0, 0.1) is 0 Å². The third kappa shape index (κ3) is 2.98. The first-order chi connectivity index (χ1) is 10.5. The van der Waals surface area contributed by atoms with Crippen molar-refractivity contribution in [3.63, 3.8) is 0 Å². The number of methoxy groups -OCH3 is 1. The fraction of sp³-hybridized carbons (Fsp3) is 0.333. The monoisotopic (exact) mass is 306 g/mol. The Bertz CT molecular complexity index is 639. The van der Waals surface area contributed by atoms with Gasteiger partial charge in [-0.05, 0) is 31.5 Å². The second kappa shape index (κ2) is 6.38. The minimum absolute atomic E-state index is 0.00817. The van der Waals surface area contributed by atoms with Crippen LogP contribution in [0.15, 0.2) is 29.5 Å². The van der Waals surface area contributed by atoms with E-state index in [9.17, 15) is 14.7 Å². The molecule has 2 rings (SSSR count). The smallest absolute Gasteiger partial charge is 0.337 e. The number of hydrogen-bond donors (Lipinski definition) is 3. The lowest BCUT2D eigenvalue weighted by Gasteiger charge is -2.28. The van der Waals surface area contributed by atoms with Gasteiger partial charge in [-0.15, -0.1) is 0 Å². The Balaban J connectivity index is 2.48. The van der Waals surface area contributed by atoms with E-state index in [1.807, 2.05) is 0 Å². The molecule has 0 aliphatic carbocycles. The molecule has 7 heteroatoms. The van der Waals surface area contributed by atoms with Crippen molar-refractivity contribution >= 4 is 12.0 Å². The molecular formula is C15H18N2O5. The zero-order valence-corrected chi connectivity index (χ0v) is 12.6. The van der Waals surface area contributed by atoms with Crippen molar-refractivity contribution in [1.29, 1.82) is 0 Å². The minimum Gasteiger partial charge on any atom is -0.504 e. The van der Waals surface area contributed by atoms with E-state index in [0.717, 1.165) is 0 Å². The molecule has 118 valence electrons. The summed E-state index contributed by atoms with van der Waals surface area (Å²) in [6, 6.07) is 3.57. The molecule has 0 unspecified atom stereocenters. The number of phenols is 1. The molecule has 0 bridgehead atoms. The SMILES string of the molecule is CCOc1cc([C@@H]2NC(=O)NC(C)=C2C(=O)OC)ccc1O. The van der Waals surface area contributed by atoms with Gasteiger partial charge in [0.05, 0.1) is 25.3 Å². The molecule has 0 saturated heterocycles. The molecule has 0 radical (unpaired) electrons. The first-order valence-corrected chi connectivity index (χ1v) is 6.80. The summed E-state index contributed by atoms with van der Waals surface area (Å²) in [6.45, 7) is 3.80. The Labute approximate surface area is 127 Å². The van der Waals surface area contributed by atoms with Crippen molar-refractivity contribution in [1.82, 2.24) is 10.6 Å². The summed E-state index contributed by atoms with van der Waals surface area (Å²) < 4.78 is 10.1. The molecule has 1 aliphatic heterocycles. The van der Waals surface area contributed by atoms with Crippen LogP contribution in [0.1, 0.15) is 25.5 Å². The van der Waals surface area contributed by atoms with Gasteiger partial charge < -0.3 is 25.2 Å². The van der Waals surface area contributed by atoms with Crippen LogP contribution in [0.3, 0.4) is 0 Å². The fourth-order valence-corrected chi connectivity index (χ4v) is 2.31. The molecule has 1 aromatic carbocycles. The molecule has 0 fully saturated rings. The number of urea groups is 1. The van der Waals surface area contributed by atoms with Gasteiger partial charge in [-0.2, -0.15) is 0 Å². The molecule has 1 atom stereocenters.